The van der Waals surface area contributed by atoms with Crippen LogP contribution in [0.15, 0.2) is 30.3 Å². The summed E-state index contributed by atoms with van der Waals surface area (Å²) in [5.74, 6) is 0.614. The standard InChI is InChI=1S/C30H40F2O2/c1-3-5-7-9-21-11-13-23(14-12-21)30-33-20-25-19-24(16-18-27(25)34-30)26-17-15-22(10-8-6-4-2)28(31)29(26)32/h15-19,21,23,30H,3-14,20H2,1-2H3. The van der Waals surface area contributed by atoms with Crippen LogP contribution in [-0.4, -0.2) is 6.29 Å². The van der Waals surface area contributed by atoms with Crippen molar-refractivity contribution in [2.75, 3.05) is 0 Å². The average Bonchev–Trinajstić information content (AvgIpc) is 2.87. The van der Waals surface area contributed by atoms with Gasteiger partial charge in [0.25, 0.3) is 0 Å². The summed E-state index contributed by atoms with van der Waals surface area (Å²) < 4.78 is 41.9. The number of hydrogen-bond donors (Lipinski definition) is 0. The molecule has 1 aliphatic heterocycles. The van der Waals surface area contributed by atoms with Crippen LogP contribution in [0.3, 0.4) is 0 Å². The molecule has 0 amide bonds. The Hall–Kier alpha value is -1.94. The van der Waals surface area contributed by atoms with Crippen LogP contribution in [0, 0.1) is 23.5 Å². The lowest BCUT2D eigenvalue weighted by atomic mass is 9.79. The zero-order valence-electron chi connectivity index (χ0n) is 20.9. The van der Waals surface area contributed by atoms with Crippen LogP contribution >= 0.6 is 0 Å². The van der Waals surface area contributed by atoms with Gasteiger partial charge >= 0.3 is 0 Å². The van der Waals surface area contributed by atoms with E-state index in [1.807, 2.05) is 18.2 Å². The molecule has 1 heterocycles. The third-order valence-electron chi connectivity index (χ3n) is 7.72. The van der Waals surface area contributed by atoms with Gasteiger partial charge in [0.2, 0.25) is 6.29 Å². The minimum Gasteiger partial charge on any atom is -0.464 e. The summed E-state index contributed by atoms with van der Waals surface area (Å²) >= 11 is 0. The first kappa shape index (κ1) is 25.2. The average molecular weight is 471 g/mol. The smallest absolute Gasteiger partial charge is 0.203 e. The molecule has 1 saturated carbocycles. The van der Waals surface area contributed by atoms with Crippen LogP contribution in [0.25, 0.3) is 11.1 Å². The van der Waals surface area contributed by atoms with E-state index in [2.05, 4.69) is 13.8 Å². The predicted octanol–water partition coefficient (Wildman–Crippen LogP) is 8.99. The number of rotatable bonds is 10. The molecule has 34 heavy (non-hydrogen) atoms. The maximum absolute atomic E-state index is 14.9. The fourth-order valence-electron chi connectivity index (χ4n) is 5.54. The van der Waals surface area contributed by atoms with Crippen LogP contribution in [0.1, 0.15) is 95.6 Å². The lowest BCUT2D eigenvalue weighted by Gasteiger charge is -2.36. The fraction of sp³-hybridized carbons (Fsp3) is 0.600. The van der Waals surface area contributed by atoms with Crippen LogP contribution in [0.4, 0.5) is 8.78 Å². The lowest BCUT2D eigenvalue weighted by Crippen LogP contribution is -2.35. The van der Waals surface area contributed by atoms with E-state index >= 15 is 0 Å². The van der Waals surface area contributed by atoms with Gasteiger partial charge in [-0.2, -0.15) is 0 Å². The molecule has 0 aromatic heterocycles. The number of halogens is 2. The molecule has 2 aromatic carbocycles. The Kier molecular flexibility index (Phi) is 8.99. The van der Waals surface area contributed by atoms with E-state index in [0.717, 1.165) is 49.3 Å². The molecule has 1 atom stereocenters. The van der Waals surface area contributed by atoms with E-state index in [1.165, 1.54) is 38.5 Å². The molecule has 4 heteroatoms. The number of unbranched alkanes of at least 4 members (excludes halogenated alkanes) is 4. The van der Waals surface area contributed by atoms with Crippen molar-refractivity contribution in [1.29, 1.82) is 0 Å². The quantitative estimate of drug-likeness (QED) is 0.323. The molecule has 186 valence electrons. The lowest BCUT2D eigenvalue weighted by molar-refractivity contribution is -0.148. The summed E-state index contributed by atoms with van der Waals surface area (Å²) in [6.45, 7) is 4.81. The highest BCUT2D eigenvalue weighted by molar-refractivity contribution is 5.67. The fourth-order valence-corrected chi connectivity index (χ4v) is 5.54. The molecular formula is C30H40F2O2. The van der Waals surface area contributed by atoms with Crippen molar-refractivity contribution in [1.82, 2.24) is 0 Å². The first-order valence-corrected chi connectivity index (χ1v) is 13.5. The van der Waals surface area contributed by atoms with E-state index in [-0.39, 0.29) is 6.29 Å². The van der Waals surface area contributed by atoms with Gasteiger partial charge in [0, 0.05) is 17.0 Å². The topological polar surface area (TPSA) is 18.5 Å². The van der Waals surface area contributed by atoms with Crippen LogP contribution < -0.4 is 4.74 Å². The summed E-state index contributed by atoms with van der Waals surface area (Å²) in [4.78, 5) is 0. The Bertz CT molecular complexity index is 934. The van der Waals surface area contributed by atoms with Crippen LogP contribution in [0.2, 0.25) is 0 Å². The van der Waals surface area contributed by atoms with Crippen molar-refractivity contribution in [3.8, 4) is 16.9 Å². The monoisotopic (exact) mass is 470 g/mol. The summed E-state index contributed by atoms with van der Waals surface area (Å²) in [5, 5.41) is 0. The molecule has 0 N–H and O–H groups in total. The summed E-state index contributed by atoms with van der Waals surface area (Å²) in [6.07, 6.45) is 13.5. The van der Waals surface area contributed by atoms with Gasteiger partial charge in [-0.25, -0.2) is 8.78 Å². The third kappa shape index (κ3) is 6.00. The molecule has 1 unspecified atom stereocenters. The predicted molar refractivity (Wildman–Crippen MR) is 134 cm³/mol. The van der Waals surface area contributed by atoms with Gasteiger partial charge in [-0.15, -0.1) is 0 Å². The SMILES string of the molecule is CCCCCc1ccc(-c2ccc3c(c2)COC(C2CCC(CCCCC)CC2)O3)c(F)c1F. The zero-order valence-corrected chi connectivity index (χ0v) is 20.9. The highest BCUT2D eigenvalue weighted by Crippen LogP contribution is 2.39. The maximum atomic E-state index is 14.9. The van der Waals surface area contributed by atoms with Crippen LogP contribution in [0.5, 0.6) is 5.75 Å². The molecule has 0 spiro atoms. The normalized spacial score (nSPS) is 22.3. The Morgan fingerprint density at radius 1 is 0.853 bits per heavy atom. The van der Waals surface area contributed by atoms with E-state index in [0.29, 0.717) is 35.6 Å². The van der Waals surface area contributed by atoms with Crippen molar-refractivity contribution in [3.63, 3.8) is 0 Å². The van der Waals surface area contributed by atoms with Crippen molar-refractivity contribution in [2.45, 2.75) is 104 Å². The van der Waals surface area contributed by atoms with Crippen LogP contribution in [-0.2, 0) is 17.8 Å². The van der Waals surface area contributed by atoms with Gasteiger partial charge in [-0.05, 0) is 67.7 Å². The largest absolute Gasteiger partial charge is 0.464 e. The minimum atomic E-state index is -0.764. The molecule has 1 fully saturated rings. The van der Waals surface area contributed by atoms with Crippen molar-refractivity contribution < 1.29 is 18.3 Å². The number of hydrogen-bond acceptors (Lipinski definition) is 2. The summed E-state index contributed by atoms with van der Waals surface area (Å²) in [5.41, 5.74) is 2.31. The van der Waals surface area contributed by atoms with Gasteiger partial charge in [-0.1, -0.05) is 70.6 Å². The Labute approximate surface area is 204 Å². The molecular weight excluding hydrogens is 430 g/mol. The number of benzene rings is 2. The summed E-state index contributed by atoms with van der Waals surface area (Å²) in [7, 11) is 0. The molecule has 4 rings (SSSR count). The van der Waals surface area contributed by atoms with Gasteiger partial charge in [0.05, 0.1) is 6.61 Å². The second-order valence-electron chi connectivity index (χ2n) is 10.3. The highest BCUT2D eigenvalue weighted by Gasteiger charge is 2.32. The maximum Gasteiger partial charge on any atom is 0.203 e. The Balaban J connectivity index is 1.38. The molecule has 2 aromatic rings. The number of aryl methyl sites for hydroxylation is 1. The summed E-state index contributed by atoms with van der Waals surface area (Å²) in [6, 6.07) is 9.03. The highest BCUT2D eigenvalue weighted by atomic mass is 19.2. The first-order chi connectivity index (χ1) is 16.6. The second-order valence-corrected chi connectivity index (χ2v) is 10.3. The van der Waals surface area contributed by atoms with Crippen molar-refractivity contribution in [3.05, 3.63) is 53.1 Å². The molecule has 2 aliphatic rings. The van der Waals surface area contributed by atoms with E-state index in [9.17, 15) is 8.78 Å². The van der Waals surface area contributed by atoms with E-state index in [4.69, 9.17) is 9.47 Å². The Morgan fingerprint density at radius 2 is 1.62 bits per heavy atom. The first-order valence-electron chi connectivity index (χ1n) is 13.5. The second kappa shape index (κ2) is 12.2. The van der Waals surface area contributed by atoms with Gasteiger partial charge in [0.15, 0.2) is 11.6 Å². The molecule has 2 nitrogen and oxygen atoms in total. The number of ether oxygens (including phenoxy) is 2. The van der Waals surface area contributed by atoms with Gasteiger partial charge < -0.3 is 9.47 Å². The van der Waals surface area contributed by atoms with Gasteiger partial charge in [-0.3, -0.25) is 0 Å². The molecule has 0 bridgehead atoms. The molecule has 0 radical (unpaired) electrons. The molecule has 1 aliphatic carbocycles. The van der Waals surface area contributed by atoms with E-state index in [1.54, 1.807) is 12.1 Å². The van der Waals surface area contributed by atoms with Gasteiger partial charge in [0.1, 0.15) is 5.75 Å². The van der Waals surface area contributed by atoms with Crippen molar-refractivity contribution in [2.24, 2.45) is 11.8 Å². The van der Waals surface area contributed by atoms with Crippen molar-refractivity contribution >= 4 is 0 Å². The number of fused-ring (bicyclic) bond motifs is 1. The minimum absolute atomic E-state index is 0.202. The third-order valence-corrected chi connectivity index (χ3v) is 7.72. The Morgan fingerprint density at radius 3 is 2.38 bits per heavy atom. The van der Waals surface area contributed by atoms with E-state index < -0.39 is 11.6 Å². The zero-order chi connectivity index (χ0) is 23.9. The molecule has 0 saturated heterocycles.